The van der Waals surface area contributed by atoms with Gasteiger partial charge in [0.15, 0.2) is 0 Å². The number of rotatable bonds is 4. The second-order valence-corrected chi connectivity index (χ2v) is 6.48. The Hall–Kier alpha value is -0.120. The summed E-state index contributed by atoms with van der Waals surface area (Å²) in [6.45, 7) is 10.0. The number of nitrogens with two attached hydrogens (primary N) is 1. The van der Waals surface area contributed by atoms with Crippen LogP contribution in [-0.4, -0.2) is 42.8 Å². The molecule has 3 nitrogen and oxygen atoms in total. The van der Waals surface area contributed by atoms with E-state index in [1.807, 2.05) is 0 Å². The van der Waals surface area contributed by atoms with Crippen molar-refractivity contribution in [1.82, 2.24) is 4.90 Å². The molecule has 0 aromatic rings. The number of hydrogen-bond acceptors (Lipinski definition) is 3. The van der Waals surface area contributed by atoms with Crippen molar-refractivity contribution in [3.05, 3.63) is 0 Å². The minimum Gasteiger partial charge on any atom is -0.374 e. The quantitative estimate of drug-likeness (QED) is 0.836. The highest BCUT2D eigenvalue weighted by Gasteiger charge is 2.34. The Morgan fingerprint density at radius 1 is 1.17 bits per heavy atom. The van der Waals surface area contributed by atoms with Crippen LogP contribution >= 0.6 is 0 Å². The summed E-state index contributed by atoms with van der Waals surface area (Å²) in [5, 5.41) is 0. The fourth-order valence-corrected chi connectivity index (χ4v) is 3.57. The van der Waals surface area contributed by atoms with E-state index in [1.165, 1.54) is 38.8 Å². The van der Waals surface area contributed by atoms with Gasteiger partial charge in [0.2, 0.25) is 0 Å². The van der Waals surface area contributed by atoms with Crippen molar-refractivity contribution in [2.45, 2.75) is 64.7 Å². The highest BCUT2D eigenvalue weighted by Crippen LogP contribution is 2.29. The lowest BCUT2D eigenvalue weighted by atomic mass is 9.86. The zero-order valence-corrected chi connectivity index (χ0v) is 12.3. The van der Waals surface area contributed by atoms with Crippen LogP contribution in [0.3, 0.4) is 0 Å². The molecule has 0 amide bonds. The van der Waals surface area contributed by atoms with Crippen LogP contribution in [0.5, 0.6) is 0 Å². The molecule has 3 unspecified atom stereocenters. The number of ether oxygens (including phenoxy) is 1. The van der Waals surface area contributed by atoms with E-state index < -0.39 is 0 Å². The highest BCUT2D eigenvalue weighted by molar-refractivity contribution is 4.88. The van der Waals surface area contributed by atoms with Crippen molar-refractivity contribution >= 4 is 0 Å². The van der Waals surface area contributed by atoms with Gasteiger partial charge in [0, 0.05) is 12.6 Å². The minimum atomic E-state index is 0.376. The normalized spacial score (nSPS) is 33.2. The van der Waals surface area contributed by atoms with Gasteiger partial charge in [-0.3, -0.25) is 4.90 Å². The van der Waals surface area contributed by atoms with E-state index in [1.54, 1.807) is 0 Å². The lowest BCUT2D eigenvalue weighted by molar-refractivity contribution is -0.0158. The van der Waals surface area contributed by atoms with E-state index in [9.17, 15) is 0 Å². The molecule has 2 saturated heterocycles. The molecule has 2 N–H and O–H groups in total. The van der Waals surface area contributed by atoms with Crippen molar-refractivity contribution in [2.24, 2.45) is 17.6 Å². The molecular formula is C15H30N2O. The molecular weight excluding hydrogens is 224 g/mol. The Morgan fingerprint density at radius 3 is 2.28 bits per heavy atom. The molecule has 0 bridgehead atoms. The highest BCUT2D eigenvalue weighted by atomic mass is 16.5. The number of piperidine rings is 1. The van der Waals surface area contributed by atoms with E-state index in [-0.39, 0.29) is 0 Å². The summed E-state index contributed by atoms with van der Waals surface area (Å²) in [7, 11) is 0. The maximum atomic E-state index is 6.02. The van der Waals surface area contributed by atoms with Gasteiger partial charge < -0.3 is 10.5 Å². The Balaban J connectivity index is 1.86. The van der Waals surface area contributed by atoms with Crippen LogP contribution in [0, 0.1) is 11.8 Å². The fraction of sp³-hybridized carbons (Fsp3) is 1.00. The van der Waals surface area contributed by atoms with Crippen molar-refractivity contribution in [2.75, 3.05) is 19.6 Å². The summed E-state index contributed by atoms with van der Waals surface area (Å²) in [4.78, 5) is 2.58. The van der Waals surface area contributed by atoms with Gasteiger partial charge in [-0.15, -0.1) is 0 Å². The standard InChI is InChI=1S/C15H30N2O/c1-11(2)13-6-8-17(9-7-13)14(10-16)15-5-4-12(3)18-15/h11-15H,4-10,16H2,1-3H3. The smallest absolute Gasteiger partial charge is 0.0747 e. The summed E-state index contributed by atoms with van der Waals surface area (Å²) in [5.41, 5.74) is 6.00. The molecule has 0 saturated carbocycles. The second-order valence-electron chi connectivity index (χ2n) is 6.48. The summed E-state index contributed by atoms with van der Waals surface area (Å²) in [6, 6.07) is 0.447. The third kappa shape index (κ3) is 3.25. The molecule has 3 heteroatoms. The largest absolute Gasteiger partial charge is 0.374 e. The maximum Gasteiger partial charge on any atom is 0.0747 e. The Labute approximate surface area is 112 Å². The summed E-state index contributed by atoms with van der Waals surface area (Å²) in [6.07, 6.45) is 5.85. The number of likely N-dealkylation sites (tertiary alicyclic amines) is 1. The predicted octanol–water partition coefficient (Wildman–Crippen LogP) is 2.25. The Morgan fingerprint density at radius 2 is 1.83 bits per heavy atom. The second kappa shape index (κ2) is 6.36. The third-order valence-corrected chi connectivity index (χ3v) is 4.92. The first-order valence-corrected chi connectivity index (χ1v) is 7.71. The van der Waals surface area contributed by atoms with Crippen LogP contribution in [0.4, 0.5) is 0 Å². The van der Waals surface area contributed by atoms with Gasteiger partial charge in [-0.1, -0.05) is 13.8 Å². The fourth-order valence-electron chi connectivity index (χ4n) is 3.57. The molecule has 0 aromatic carbocycles. The van der Waals surface area contributed by atoms with Gasteiger partial charge in [0.25, 0.3) is 0 Å². The maximum absolute atomic E-state index is 6.02. The van der Waals surface area contributed by atoms with Crippen LogP contribution in [0.25, 0.3) is 0 Å². The van der Waals surface area contributed by atoms with Crippen LogP contribution in [0.1, 0.15) is 46.5 Å². The number of nitrogens with zero attached hydrogens (tertiary/aromatic N) is 1. The third-order valence-electron chi connectivity index (χ3n) is 4.92. The lowest BCUT2D eigenvalue weighted by Gasteiger charge is -2.40. The summed E-state index contributed by atoms with van der Waals surface area (Å²) < 4.78 is 6.02. The number of hydrogen-bond donors (Lipinski definition) is 1. The monoisotopic (exact) mass is 254 g/mol. The molecule has 2 aliphatic rings. The molecule has 2 rings (SSSR count). The molecule has 2 aliphatic heterocycles. The van der Waals surface area contributed by atoms with E-state index in [2.05, 4.69) is 25.7 Å². The van der Waals surface area contributed by atoms with Crippen molar-refractivity contribution in [3.8, 4) is 0 Å². The van der Waals surface area contributed by atoms with Crippen LogP contribution < -0.4 is 5.73 Å². The van der Waals surface area contributed by atoms with Crippen LogP contribution in [0.2, 0.25) is 0 Å². The topological polar surface area (TPSA) is 38.5 Å². The first kappa shape index (κ1) is 14.3. The van der Waals surface area contributed by atoms with Crippen molar-refractivity contribution < 1.29 is 4.74 Å². The first-order chi connectivity index (χ1) is 8.61. The molecule has 0 aromatic heterocycles. The lowest BCUT2D eigenvalue weighted by Crippen LogP contribution is -2.51. The molecule has 2 heterocycles. The molecule has 106 valence electrons. The molecule has 3 atom stereocenters. The zero-order valence-electron chi connectivity index (χ0n) is 12.3. The Bertz CT molecular complexity index is 249. The average molecular weight is 254 g/mol. The van der Waals surface area contributed by atoms with Gasteiger partial charge in [0.1, 0.15) is 0 Å². The van der Waals surface area contributed by atoms with Gasteiger partial charge in [0.05, 0.1) is 12.2 Å². The van der Waals surface area contributed by atoms with Crippen molar-refractivity contribution in [3.63, 3.8) is 0 Å². The van der Waals surface area contributed by atoms with Crippen LogP contribution in [0.15, 0.2) is 0 Å². The molecule has 0 spiro atoms. The van der Waals surface area contributed by atoms with Gasteiger partial charge >= 0.3 is 0 Å². The predicted molar refractivity (Wildman–Crippen MR) is 75.5 cm³/mol. The van der Waals surface area contributed by atoms with E-state index in [0.29, 0.717) is 18.2 Å². The SMILES string of the molecule is CC1CCC(C(CN)N2CCC(C(C)C)CC2)O1. The van der Waals surface area contributed by atoms with Gasteiger partial charge in [-0.25, -0.2) is 0 Å². The van der Waals surface area contributed by atoms with E-state index in [4.69, 9.17) is 10.5 Å². The first-order valence-electron chi connectivity index (χ1n) is 7.71. The van der Waals surface area contributed by atoms with E-state index in [0.717, 1.165) is 18.4 Å². The molecule has 2 fully saturated rings. The summed E-state index contributed by atoms with van der Waals surface area (Å²) >= 11 is 0. The Kier molecular flexibility index (Phi) is 5.05. The van der Waals surface area contributed by atoms with Gasteiger partial charge in [-0.05, 0) is 57.5 Å². The van der Waals surface area contributed by atoms with E-state index >= 15 is 0 Å². The van der Waals surface area contributed by atoms with Crippen molar-refractivity contribution in [1.29, 1.82) is 0 Å². The molecule has 18 heavy (non-hydrogen) atoms. The van der Waals surface area contributed by atoms with Gasteiger partial charge in [-0.2, -0.15) is 0 Å². The molecule has 0 aliphatic carbocycles. The minimum absolute atomic E-state index is 0.376. The van der Waals surface area contributed by atoms with Crippen LogP contribution in [-0.2, 0) is 4.74 Å². The zero-order chi connectivity index (χ0) is 13.1. The molecule has 0 radical (unpaired) electrons. The summed E-state index contributed by atoms with van der Waals surface area (Å²) in [5.74, 6) is 1.73. The average Bonchev–Trinajstić information content (AvgIpc) is 2.77.